The van der Waals surface area contributed by atoms with Gasteiger partial charge >= 0.3 is 0 Å². The van der Waals surface area contributed by atoms with Gasteiger partial charge in [0.1, 0.15) is 0 Å². The zero-order valence-electron chi connectivity index (χ0n) is 14.6. The van der Waals surface area contributed by atoms with E-state index in [4.69, 9.17) is 0 Å². The third kappa shape index (κ3) is 4.66. The van der Waals surface area contributed by atoms with Crippen LogP contribution < -0.4 is 10.3 Å². The molecule has 9 heteroatoms. The van der Waals surface area contributed by atoms with Gasteiger partial charge in [-0.1, -0.05) is 6.42 Å². The third-order valence-corrected chi connectivity index (χ3v) is 6.26. The fourth-order valence-corrected chi connectivity index (χ4v) is 4.78. The van der Waals surface area contributed by atoms with E-state index in [0.29, 0.717) is 19.1 Å². The average Bonchev–Trinajstić information content (AvgIpc) is 2.89. The van der Waals surface area contributed by atoms with Crippen molar-refractivity contribution in [1.82, 2.24) is 19.0 Å². The number of nitrogens with one attached hydrogen (secondary N) is 1. The molecule has 7 nitrogen and oxygen atoms in total. The molecule has 1 unspecified atom stereocenters. The Kier molecular flexibility index (Phi) is 5.57. The minimum Gasteiger partial charge on any atom is -0.295 e. The highest BCUT2D eigenvalue weighted by molar-refractivity contribution is 7.88. The molecule has 0 radical (unpaired) electrons. The van der Waals surface area contributed by atoms with Gasteiger partial charge in [0.25, 0.3) is 5.56 Å². The molecule has 2 aromatic rings. The summed E-state index contributed by atoms with van der Waals surface area (Å²) in [6, 6.07) is 1.93. The van der Waals surface area contributed by atoms with Gasteiger partial charge < -0.3 is 0 Å². The zero-order chi connectivity index (χ0) is 18.0. The quantitative estimate of drug-likeness (QED) is 0.813. The lowest BCUT2D eigenvalue weighted by Crippen LogP contribution is -2.41. The SMILES string of the molecule is Cc1csc2nc(CN3CCCCC3CCNS(C)(=O)=O)cc(=O)n12. The van der Waals surface area contributed by atoms with Crippen molar-refractivity contribution < 1.29 is 8.42 Å². The highest BCUT2D eigenvalue weighted by Gasteiger charge is 2.23. The molecular weight excluding hydrogens is 360 g/mol. The first kappa shape index (κ1) is 18.5. The van der Waals surface area contributed by atoms with Crippen LogP contribution in [0, 0.1) is 6.92 Å². The molecule has 0 spiro atoms. The molecule has 3 rings (SSSR count). The molecule has 1 aliphatic rings. The third-order valence-electron chi connectivity index (χ3n) is 4.58. The molecule has 0 bridgehead atoms. The maximum atomic E-state index is 12.3. The minimum absolute atomic E-state index is 0.0361. The summed E-state index contributed by atoms with van der Waals surface area (Å²) >= 11 is 1.48. The van der Waals surface area contributed by atoms with Crippen molar-refractivity contribution in [2.45, 2.75) is 45.2 Å². The Bertz CT molecular complexity index is 904. The number of fused-ring (bicyclic) bond motifs is 1. The molecule has 1 fully saturated rings. The summed E-state index contributed by atoms with van der Waals surface area (Å²) in [5, 5.41) is 1.94. The molecule has 138 valence electrons. The Balaban J connectivity index is 1.72. The zero-order valence-corrected chi connectivity index (χ0v) is 16.2. The monoisotopic (exact) mass is 384 g/mol. The second-order valence-corrected chi connectivity index (χ2v) is 9.33. The van der Waals surface area contributed by atoms with Crippen LogP contribution in [0.15, 0.2) is 16.2 Å². The van der Waals surface area contributed by atoms with Gasteiger partial charge in [0.15, 0.2) is 4.96 Å². The first-order valence-corrected chi connectivity index (χ1v) is 11.3. The number of hydrogen-bond acceptors (Lipinski definition) is 6. The summed E-state index contributed by atoms with van der Waals surface area (Å²) < 4.78 is 26.7. The van der Waals surface area contributed by atoms with E-state index in [1.807, 2.05) is 12.3 Å². The lowest BCUT2D eigenvalue weighted by molar-refractivity contribution is 0.131. The number of hydrogen-bond donors (Lipinski definition) is 1. The smallest absolute Gasteiger partial charge is 0.259 e. The van der Waals surface area contributed by atoms with Crippen molar-refractivity contribution >= 4 is 26.3 Å². The van der Waals surface area contributed by atoms with Gasteiger partial charge in [-0.05, 0) is 32.7 Å². The van der Waals surface area contributed by atoms with Gasteiger partial charge in [0, 0.05) is 36.3 Å². The number of likely N-dealkylation sites (tertiary alicyclic amines) is 1. The second-order valence-electron chi connectivity index (χ2n) is 6.66. The van der Waals surface area contributed by atoms with Crippen molar-refractivity contribution in [3.63, 3.8) is 0 Å². The van der Waals surface area contributed by atoms with Gasteiger partial charge in [0.05, 0.1) is 11.9 Å². The van der Waals surface area contributed by atoms with E-state index >= 15 is 0 Å². The van der Waals surface area contributed by atoms with E-state index in [1.54, 1.807) is 10.5 Å². The van der Waals surface area contributed by atoms with E-state index in [2.05, 4.69) is 14.6 Å². The highest BCUT2D eigenvalue weighted by Crippen LogP contribution is 2.21. The van der Waals surface area contributed by atoms with E-state index in [0.717, 1.165) is 48.6 Å². The highest BCUT2D eigenvalue weighted by atomic mass is 32.2. The van der Waals surface area contributed by atoms with Crippen LogP contribution in [0.5, 0.6) is 0 Å². The lowest BCUT2D eigenvalue weighted by atomic mass is 9.99. The van der Waals surface area contributed by atoms with E-state index in [1.165, 1.54) is 17.6 Å². The first-order chi connectivity index (χ1) is 11.8. The Morgan fingerprint density at radius 1 is 1.40 bits per heavy atom. The Hall–Kier alpha value is -1.29. The molecule has 0 saturated carbocycles. The molecule has 25 heavy (non-hydrogen) atoms. The predicted molar refractivity (Wildman–Crippen MR) is 99.6 cm³/mol. The van der Waals surface area contributed by atoms with Crippen LogP contribution in [0.2, 0.25) is 0 Å². The molecule has 0 amide bonds. The summed E-state index contributed by atoms with van der Waals surface area (Å²) in [6.07, 6.45) is 5.27. The number of piperidine rings is 1. The summed E-state index contributed by atoms with van der Waals surface area (Å²) in [6.45, 7) is 3.93. The Morgan fingerprint density at radius 3 is 2.96 bits per heavy atom. The van der Waals surface area contributed by atoms with Gasteiger partial charge in [-0.25, -0.2) is 18.1 Å². The van der Waals surface area contributed by atoms with Crippen molar-refractivity contribution in [2.75, 3.05) is 19.3 Å². The Labute approximate surface area is 151 Å². The summed E-state index contributed by atoms with van der Waals surface area (Å²) in [5.74, 6) is 0. The van der Waals surface area contributed by atoms with Crippen LogP contribution >= 0.6 is 11.3 Å². The molecule has 1 aliphatic heterocycles. The molecule has 0 aliphatic carbocycles. The van der Waals surface area contributed by atoms with E-state index in [-0.39, 0.29) is 5.56 Å². The van der Waals surface area contributed by atoms with Gasteiger partial charge in [-0.3, -0.25) is 14.1 Å². The molecule has 1 atom stereocenters. The van der Waals surface area contributed by atoms with Gasteiger partial charge in [-0.2, -0.15) is 0 Å². The van der Waals surface area contributed by atoms with Crippen molar-refractivity contribution in [1.29, 1.82) is 0 Å². The second kappa shape index (κ2) is 7.53. The fraction of sp³-hybridized carbons (Fsp3) is 0.625. The number of aryl methyl sites for hydroxylation is 1. The Morgan fingerprint density at radius 2 is 2.20 bits per heavy atom. The topological polar surface area (TPSA) is 83.8 Å². The van der Waals surface area contributed by atoms with Crippen molar-refractivity contribution in [2.24, 2.45) is 0 Å². The summed E-state index contributed by atoms with van der Waals surface area (Å²) in [7, 11) is -3.15. The van der Waals surface area contributed by atoms with Crippen LogP contribution in [0.25, 0.3) is 4.96 Å². The summed E-state index contributed by atoms with van der Waals surface area (Å²) in [4.78, 5) is 20.0. The largest absolute Gasteiger partial charge is 0.295 e. The van der Waals surface area contributed by atoms with Crippen molar-refractivity contribution in [3.8, 4) is 0 Å². The van der Waals surface area contributed by atoms with Crippen LogP contribution in [-0.4, -0.2) is 48.1 Å². The summed E-state index contributed by atoms with van der Waals surface area (Å²) in [5.41, 5.74) is 1.66. The van der Waals surface area contributed by atoms with Crippen LogP contribution in [-0.2, 0) is 16.6 Å². The van der Waals surface area contributed by atoms with Crippen LogP contribution in [0.1, 0.15) is 37.1 Å². The maximum Gasteiger partial charge on any atom is 0.259 e. The van der Waals surface area contributed by atoms with E-state index < -0.39 is 10.0 Å². The number of rotatable bonds is 6. The first-order valence-electron chi connectivity index (χ1n) is 8.49. The normalized spacial score (nSPS) is 19.5. The van der Waals surface area contributed by atoms with Crippen LogP contribution in [0.3, 0.4) is 0 Å². The molecule has 1 N–H and O–H groups in total. The average molecular weight is 385 g/mol. The molecule has 3 heterocycles. The molecule has 1 saturated heterocycles. The fourth-order valence-electron chi connectivity index (χ4n) is 3.40. The number of aromatic nitrogens is 2. The van der Waals surface area contributed by atoms with Gasteiger partial charge in [-0.15, -0.1) is 11.3 Å². The predicted octanol–water partition coefficient (Wildman–Crippen LogP) is 1.36. The molecule has 0 aromatic carbocycles. The maximum absolute atomic E-state index is 12.3. The minimum atomic E-state index is -3.15. The number of sulfonamides is 1. The van der Waals surface area contributed by atoms with Crippen LogP contribution in [0.4, 0.5) is 0 Å². The number of nitrogens with zero attached hydrogens (tertiary/aromatic N) is 3. The van der Waals surface area contributed by atoms with E-state index in [9.17, 15) is 13.2 Å². The number of thiazole rings is 1. The standard InChI is InChI=1S/C16H24N4O3S2/c1-12-11-24-16-18-13(9-15(21)20(12)16)10-19-8-4-3-5-14(19)6-7-17-25(2,22)23/h9,11,14,17H,3-8,10H2,1-2H3. The van der Waals surface area contributed by atoms with Crippen molar-refractivity contribution in [3.05, 3.63) is 33.2 Å². The van der Waals surface area contributed by atoms with Gasteiger partial charge in [0.2, 0.25) is 10.0 Å². The molecular formula is C16H24N4O3S2. The molecule has 2 aromatic heterocycles. The lowest BCUT2D eigenvalue weighted by Gasteiger charge is -2.35.